The van der Waals surface area contributed by atoms with Crippen LogP contribution < -0.4 is 5.32 Å². The first-order valence-electron chi connectivity index (χ1n) is 8.11. The van der Waals surface area contributed by atoms with E-state index in [-0.39, 0.29) is 22.8 Å². The summed E-state index contributed by atoms with van der Waals surface area (Å²) in [5, 5.41) is 13.7. The number of aliphatic hydroxyl groups excluding tert-OH is 1. The summed E-state index contributed by atoms with van der Waals surface area (Å²) in [6.07, 6.45) is 0.543. The number of hydrogen-bond acceptors (Lipinski definition) is 3. The zero-order valence-corrected chi connectivity index (χ0v) is 16.4. The number of aliphatic hydroxyl groups is 1. The lowest BCUT2D eigenvalue weighted by atomic mass is 9.80. The summed E-state index contributed by atoms with van der Waals surface area (Å²) in [5.41, 5.74) is -0.916. The van der Waals surface area contributed by atoms with E-state index in [1.54, 1.807) is 6.08 Å². The van der Waals surface area contributed by atoms with E-state index in [1.807, 2.05) is 20.8 Å². The van der Waals surface area contributed by atoms with Gasteiger partial charge >= 0.3 is 0 Å². The summed E-state index contributed by atoms with van der Waals surface area (Å²) in [6, 6.07) is 0. The van der Waals surface area contributed by atoms with E-state index < -0.39 is 26.1 Å². The second-order valence-corrected chi connectivity index (χ2v) is 13.2. The highest BCUT2D eigenvalue weighted by Crippen LogP contribution is 2.43. The van der Waals surface area contributed by atoms with Gasteiger partial charge in [-0.2, -0.15) is 0 Å². The molecule has 128 valence electrons. The molecule has 0 aliphatic carbocycles. The Morgan fingerprint density at radius 2 is 1.91 bits per heavy atom. The molecule has 1 amide bonds. The number of carbonyl (C=O) groups is 1. The van der Waals surface area contributed by atoms with Gasteiger partial charge in [0.25, 0.3) is 0 Å². The molecular formula is C17H33NO3Si. The third-order valence-electron chi connectivity index (χ3n) is 5.36. The fourth-order valence-electron chi connectivity index (χ4n) is 2.73. The molecule has 2 N–H and O–H groups in total. The van der Waals surface area contributed by atoms with Gasteiger partial charge in [-0.05, 0) is 24.1 Å². The van der Waals surface area contributed by atoms with Gasteiger partial charge in [0.2, 0.25) is 5.91 Å². The van der Waals surface area contributed by atoms with Crippen LogP contribution in [-0.4, -0.2) is 37.1 Å². The maximum Gasteiger partial charge on any atom is 0.226 e. The Balaban J connectivity index is 3.27. The van der Waals surface area contributed by atoms with E-state index in [1.165, 1.54) is 0 Å². The number of nitrogens with one attached hydrogen (secondary N) is 1. The van der Waals surface area contributed by atoms with Crippen molar-refractivity contribution in [3.63, 3.8) is 0 Å². The topological polar surface area (TPSA) is 58.6 Å². The maximum absolute atomic E-state index is 12.3. The molecule has 0 spiro atoms. The van der Waals surface area contributed by atoms with E-state index in [2.05, 4.69) is 45.8 Å². The van der Waals surface area contributed by atoms with Crippen LogP contribution in [0.4, 0.5) is 0 Å². The van der Waals surface area contributed by atoms with Gasteiger partial charge < -0.3 is 14.8 Å². The normalized spacial score (nSPS) is 31.3. The lowest BCUT2D eigenvalue weighted by Crippen LogP contribution is -2.61. The van der Waals surface area contributed by atoms with Crippen molar-refractivity contribution in [2.45, 2.75) is 77.4 Å². The van der Waals surface area contributed by atoms with Crippen LogP contribution in [0, 0.1) is 11.8 Å². The van der Waals surface area contributed by atoms with E-state index in [0.29, 0.717) is 0 Å². The summed E-state index contributed by atoms with van der Waals surface area (Å²) < 4.78 is 6.55. The molecule has 4 atom stereocenters. The molecule has 1 rings (SSSR count). The number of rotatable bonds is 5. The molecule has 1 heterocycles. The standard InChI is InChI=1S/C17H33NO3Si/c1-10-17(13(19)11(2)3)14(12(4)15(20)18-17)21-22(8,9)16(5,6)7/h10-14,19H,1H2,2-9H3,(H,18,20)/t12-,13-,14+,17-/m1/s1. The molecule has 5 heteroatoms. The summed E-state index contributed by atoms with van der Waals surface area (Å²) in [7, 11) is -2.08. The monoisotopic (exact) mass is 327 g/mol. The largest absolute Gasteiger partial charge is 0.410 e. The van der Waals surface area contributed by atoms with Gasteiger partial charge in [-0.3, -0.25) is 4.79 Å². The molecule has 4 nitrogen and oxygen atoms in total. The number of carbonyl (C=O) groups excluding carboxylic acids is 1. The smallest absolute Gasteiger partial charge is 0.226 e. The Kier molecular flexibility index (Phi) is 5.37. The van der Waals surface area contributed by atoms with Crippen molar-refractivity contribution < 1.29 is 14.3 Å². The molecule has 0 unspecified atom stereocenters. The van der Waals surface area contributed by atoms with Gasteiger partial charge in [-0.25, -0.2) is 0 Å². The predicted molar refractivity (Wildman–Crippen MR) is 93.1 cm³/mol. The van der Waals surface area contributed by atoms with Crippen molar-refractivity contribution >= 4 is 14.2 Å². The molecule has 0 saturated carbocycles. The molecular weight excluding hydrogens is 294 g/mol. The zero-order valence-electron chi connectivity index (χ0n) is 15.4. The first-order valence-corrected chi connectivity index (χ1v) is 11.0. The third-order valence-corrected chi connectivity index (χ3v) is 9.82. The highest BCUT2D eigenvalue weighted by molar-refractivity contribution is 6.74. The molecule has 0 aromatic heterocycles. The van der Waals surface area contributed by atoms with Gasteiger partial charge in [0.15, 0.2) is 8.32 Å². The van der Waals surface area contributed by atoms with Crippen LogP contribution in [-0.2, 0) is 9.22 Å². The minimum atomic E-state index is -2.08. The van der Waals surface area contributed by atoms with Gasteiger partial charge in [-0.15, -0.1) is 6.58 Å². The number of hydrogen-bond donors (Lipinski definition) is 2. The second-order valence-electron chi connectivity index (χ2n) is 8.40. The lowest BCUT2D eigenvalue weighted by Gasteiger charge is -2.45. The Bertz CT molecular complexity index is 442. The Morgan fingerprint density at radius 3 is 2.27 bits per heavy atom. The average Bonchev–Trinajstić information content (AvgIpc) is 2.61. The highest BCUT2D eigenvalue weighted by Gasteiger charge is 2.57. The van der Waals surface area contributed by atoms with Crippen LogP contribution in [0.5, 0.6) is 0 Å². The van der Waals surface area contributed by atoms with E-state index in [9.17, 15) is 9.90 Å². The number of amides is 1. The zero-order chi connectivity index (χ0) is 17.5. The third kappa shape index (κ3) is 3.17. The lowest BCUT2D eigenvalue weighted by molar-refractivity contribution is -0.123. The van der Waals surface area contributed by atoms with Crippen LogP contribution in [0.25, 0.3) is 0 Å². The van der Waals surface area contributed by atoms with E-state index >= 15 is 0 Å². The van der Waals surface area contributed by atoms with Crippen molar-refractivity contribution in [1.82, 2.24) is 5.32 Å². The van der Waals surface area contributed by atoms with E-state index in [4.69, 9.17) is 4.43 Å². The molecule has 1 aliphatic heterocycles. The first kappa shape index (κ1) is 19.4. The Morgan fingerprint density at radius 1 is 1.41 bits per heavy atom. The van der Waals surface area contributed by atoms with Gasteiger partial charge in [0.05, 0.1) is 18.1 Å². The van der Waals surface area contributed by atoms with Crippen molar-refractivity contribution in [2.75, 3.05) is 0 Å². The molecule has 0 aromatic rings. The summed E-state index contributed by atoms with van der Waals surface area (Å²) >= 11 is 0. The summed E-state index contributed by atoms with van der Waals surface area (Å²) in [4.78, 5) is 12.3. The van der Waals surface area contributed by atoms with Gasteiger partial charge in [0, 0.05) is 0 Å². The van der Waals surface area contributed by atoms with Gasteiger partial charge in [0.1, 0.15) is 5.54 Å². The summed E-state index contributed by atoms with van der Waals surface area (Å²) in [5.74, 6) is -0.391. The maximum atomic E-state index is 12.3. The van der Waals surface area contributed by atoms with Crippen molar-refractivity contribution in [3.8, 4) is 0 Å². The van der Waals surface area contributed by atoms with Crippen molar-refractivity contribution in [2.24, 2.45) is 11.8 Å². The van der Waals surface area contributed by atoms with Crippen LogP contribution in [0.2, 0.25) is 18.1 Å². The van der Waals surface area contributed by atoms with Crippen LogP contribution >= 0.6 is 0 Å². The Hall–Kier alpha value is -0.653. The molecule has 0 bridgehead atoms. The second kappa shape index (κ2) is 6.10. The minimum Gasteiger partial charge on any atom is -0.410 e. The Labute approximate surface area is 136 Å². The highest BCUT2D eigenvalue weighted by atomic mass is 28.4. The van der Waals surface area contributed by atoms with Gasteiger partial charge in [-0.1, -0.05) is 47.6 Å². The molecule has 1 saturated heterocycles. The molecule has 0 aromatic carbocycles. The molecule has 22 heavy (non-hydrogen) atoms. The van der Waals surface area contributed by atoms with Crippen molar-refractivity contribution in [1.29, 1.82) is 0 Å². The van der Waals surface area contributed by atoms with Crippen molar-refractivity contribution in [3.05, 3.63) is 12.7 Å². The quantitative estimate of drug-likeness (QED) is 0.602. The SMILES string of the molecule is C=C[C@]1([C@H](O)C(C)C)NC(=O)[C@H](C)[C@@H]1O[Si](C)(C)C(C)(C)C. The van der Waals surface area contributed by atoms with Crippen LogP contribution in [0.1, 0.15) is 41.5 Å². The van der Waals surface area contributed by atoms with E-state index in [0.717, 1.165) is 0 Å². The first-order chi connectivity index (χ1) is 9.80. The average molecular weight is 328 g/mol. The predicted octanol–water partition coefficient (Wildman–Crippen LogP) is 3.08. The molecule has 0 radical (unpaired) electrons. The fraction of sp³-hybridized carbons (Fsp3) is 0.824. The summed E-state index contributed by atoms with van der Waals surface area (Å²) in [6.45, 7) is 20.5. The fourth-order valence-corrected chi connectivity index (χ4v) is 4.11. The minimum absolute atomic E-state index is 0.00545. The van der Waals surface area contributed by atoms with Crippen LogP contribution in [0.15, 0.2) is 12.7 Å². The van der Waals surface area contributed by atoms with Crippen LogP contribution in [0.3, 0.4) is 0 Å². The molecule has 1 fully saturated rings. The molecule has 1 aliphatic rings.